The van der Waals surface area contributed by atoms with E-state index in [0.29, 0.717) is 0 Å². The lowest BCUT2D eigenvalue weighted by molar-refractivity contribution is 0.0103. The summed E-state index contributed by atoms with van der Waals surface area (Å²) in [5.41, 5.74) is 1.32. The van der Waals surface area contributed by atoms with E-state index in [1.807, 2.05) is 24.7 Å². The molecule has 2 fully saturated rings. The van der Waals surface area contributed by atoms with E-state index < -0.39 is 0 Å². The van der Waals surface area contributed by atoms with Crippen LogP contribution in [0.4, 0.5) is 5.95 Å². The van der Waals surface area contributed by atoms with Gasteiger partial charge in [0.05, 0.1) is 13.2 Å². The molecule has 7 heteroatoms. The molecule has 0 amide bonds. The zero-order chi connectivity index (χ0) is 16.2. The molecule has 2 aromatic heterocycles. The number of piperidine rings is 1. The van der Waals surface area contributed by atoms with Crippen LogP contribution in [-0.2, 0) is 11.3 Å². The van der Waals surface area contributed by atoms with Gasteiger partial charge >= 0.3 is 0 Å². The zero-order valence-corrected chi connectivity index (χ0v) is 13.9. The van der Waals surface area contributed by atoms with Crippen molar-refractivity contribution < 1.29 is 4.74 Å². The number of likely N-dealkylation sites (tertiary alicyclic amines) is 1. The predicted molar refractivity (Wildman–Crippen MR) is 90.6 cm³/mol. The Morgan fingerprint density at radius 3 is 2.92 bits per heavy atom. The van der Waals surface area contributed by atoms with Gasteiger partial charge in [0, 0.05) is 55.9 Å². The molecule has 128 valence electrons. The third-order valence-electron chi connectivity index (χ3n) is 4.97. The van der Waals surface area contributed by atoms with Crippen LogP contribution in [0, 0.1) is 5.41 Å². The van der Waals surface area contributed by atoms with Crippen molar-refractivity contribution >= 4 is 5.95 Å². The van der Waals surface area contributed by atoms with E-state index in [0.717, 1.165) is 51.9 Å². The van der Waals surface area contributed by atoms with Gasteiger partial charge in [-0.25, -0.2) is 9.97 Å². The summed E-state index contributed by atoms with van der Waals surface area (Å²) in [5, 5.41) is 7.13. The lowest BCUT2D eigenvalue weighted by atomic mass is 9.80. The minimum atomic E-state index is 0.147. The highest BCUT2D eigenvalue weighted by atomic mass is 16.5. The van der Waals surface area contributed by atoms with Crippen LogP contribution in [0.25, 0.3) is 0 Å². The van der Waals surface area contributed by atoms with E-state index >= 15 is 0 Å². The summed E-state index contributed by atoms with van der Waals surface area (Å²) in [6.45, 7) is 6.45. The number of anilines is 1. The molecular weight excluding hydrogens is 304 g/mol. The molecule has 24 heavy (non-hydrogen) atoms. The molecule has 1 N–H and O–H groups in total. The molecule has 0 saturated carbocycles. The number of rotatable bonds is 3. The van der Waals surface area contributed by atoms with E-state index in [1.54, 1.807) is 0 Å². The standard InChI is InChI=1S/C17H24N6O/c1-4-17(12-22(8-1)11-15-3-7-20-21-15)13-23(9-10-24-14-17)16-18-5-2-6-19-16/h2-3,5-7H,1,4,8-14H2,(H,20,21)/t17-/m0/s1. The third-order valence-corrected chi connectivity index (χ3v) is 4.97. The number of nitrogens with one attached hydrogen (secondary N) is 1. The van der Waals surface area contributed by atoms with Crippen molar-refractivity contribution in [1.29, 1.82) is 0 Å². The minimum Gasteiger partial charge on any atom is -0.379 e. The fraction of sp³-hybridized carbons (Fsp3) is 0.588. The first-order valence-corrected chi connectivity index (χ1v) is 8.63. The predicted octanol–water partition coefficient (Wildman–Crippen LogP) is 1.32. The van der Waals surface area contributed by atoms with Crippen molar-refractivity contribution in [3.63, 3.8) is 0 Å². The van der Waals surface area contributed by atoms with Gasteiger partial charge in [0.2, 0.25) is 5.95 Å². The highest BCUT2D eigenvalue weighted by Crippen LogP contribution is 2.34. The number of ether oxygens (including phenoxy) is 1. The lowest BCUT2D eigenvalue weighted by Crippen LogP contribution is -2.50. The van der Waals surface area contributed by atoms with Crippen LogP contribution in [0.1, 0.15) is 18.5 Å². The van der Waals surface area contributed by atoms with E-state index in [1.165, 1.54) is 18.5 Å². The van der Waals surface area contributed by atoms with Crippen LogP contribution in [-0.4, -0.2) is 64.5 Å². The molecule has 0 aliphatic carbocycles. The zero-order valence-electron chi connectivity index (χ0n) is 13.9. The van der Waals surface area contributed by atoms with Crippen LogP contribution in [0.2, 0.25) is 0 Å². The van der Waals surface area contributed by atoms with Gasteiger partial charge in [-0.2, -0.15) is 5.10 Å². The van der Waals surface area contributed by atoms with Crippen molar-refractivity contribution in [2.24, 2.45) is 5.41 Å². The Labute approximate surface area is 142 Å². The summed E-state index contributed by atoms with van der Waals surface area (Å²) in [7, 11) is 0. The van der Waals surface area contributed by atoms with E-state index in [2.05, 4.69) is 36.0 Å². The van der Waals surface area contributed by atoms with Gasteiger partial charge in [0.15, 0.2) is 0 Å². The molecule has 4 rings (SSSR count). The van der Waals surface area contributed by atoms with Crippen molar-refractivity contribution in [2.75, 3.05) is 44.3 Å². The quantitative estimate of drug-likeness (QED) is 0.916. The smallest absolute Gasteiger partial charge is 0.225 e. The van der Waals surface area contributed by atoms with Crippen LogP contribution >= 0.6 is 0 Å². The Morgan fingerprint density at radius 1 is 1.17 bits per heavy atom. The van der Waals surface area contributed by atoms with Crippen LogP contribution in [0.5, 0.6) is 0 Å². The van der Waals surface area contributed by atoms with Crippen LogP contribution < -0.4 is 4.90 Å². The summed E-state index contributed by atoms with van der Waals surface area (Å²) < 4.78 is 5.98. The molecule has 7 nitrogen and oxygen atoms in total. The number of hydrogen-bond acceptors (Lipinski definition) is 6. The van der Waals surface area contributed by atoms with Gasteiger partial charge in [-0.1, -0.05) is 0 Å². The number of aromatic amines is 1. The molecule has 0 radical (unpaired) electrons. The number of H-pyrrole nitrogens is 1. The monoisotopic (exact) mass is 328 g/mol. The maximum atomic E-state index is 5.98. The molecular formula is C17H24N6O. The maximum Gasteiger partial charge on any atom is 0.225 e. The second-order valence-corrected chi connectivity index (χ2v) is 6.92. The molecule has 0 bridgehead atoms. The van der Waals surface area contributed by atoms with Crippen LogP contribution in [0.3, 0.4) is 0 Å². The van der Waals surface area contributed by atoms with Crippen molar-refractivity contribution in [3.05, 3.63) is 36.4 Å². The molecule has 1 spiro atoms. The average Bonchev–Trinajstić information content (AvgIpc) is 3.03. The molecule has 2 aliphatic heterocycles. The van der Waals surface area contributed by atoms with Crippen molar-refractivity contribution in [3.8, 4) is 0 Å². The Kier molecular flexibility index (Phi) is 4.44. The maximum absolute atomic E-state index is 5.98. The SMILES string of the molecule is c1cnc(N2CCOC[C@]3(CCCN(Cc4ccn[nH]4)C3)C2)nc1. The Balaban J connectivity index is 1.49. The van der Waals surface area contributed by atoms with Crippen LogP contribution in [0.15, 0.2) is 30.7 Å². The third kappa shape index (κ3) is 3.42. The van der Waals surface area contributed by atoms with Gasteiger partial charge in [0.25, 0.3) is 0 Å². The first-order chi connectivity index (χ1) is 11.8. The molecule has 2 saturated heterocycles. The Bertz CT molecular complexity index is 634. The van der Waals surface area contributed by atoms with E-state index in [9.17, 15) is 0 Å². The average molecular weight is 328 g/mol. The first kappa shape index (κ1) is 15.5. The summed E-state index contributed by atoms with van der Waals surface area (Å²) in [6, 6.07) is 3.91. The minimum absolute atomic E-state index is 0.147. The molecule has 0 aromatic carbocycles. The molecule has 2 aromatic rings. The largest absolute Gasteiger partial charge is 0.379 e. The lowest BCUT2D eigenvalue weighted by Gasteiger charge is -2.43. The van der Waals surface area contributed by atoms with Crippen molar-refractivity contribution in [2.45, 2.75) is 19.4 Å². The number of hydrogen-bond donors (Lipinski definition) is 1. The number of nitrogens with zero attached hydrogens (tertiary/aromatic N) is 5. The summed E-state index contributed by atoms with van der Waals surface area (Å²) in [4.78, 5) is 13.7. The normalized spacial score (nSPS) is 25.8. The first-order valence-electron chi connectivity index (χ1n) is 8.63. The molecule has 1 atom stereocenters. The summed E-state index contributed by atoms with van der Waals surface area (Å²) in [6.07, 6.45) is 7.83. The van der Waals surface area contributed by atoms with E-state index in [-0.39, 0.29) is 5.41 Å². The molecule has 4 heterocycles. The van der Waals surface area contributed by atoms with E-state index in [4.69, 9.17) is 4.74 Å². The summed E-state index contributed by atoms with van der Waals surface area (Å²) in [5.74, 6) is 0.813. The van der Waals surface area contributed by atoms with Gasteiger partial charge in [0.1, 0.15) is 0 Å². The second-order valence-electron chi connectivity index (χ2n) is 6.92. The fourth-order valence-corrected chi connectivity index (χ4v) is 3.92. The van der Waals surface area contributed by atoms with Gasteiger partial charge in [-0.05, 0) is 31.5 Å². The molecule has 2 aliphatic rings. The Hall–Kier alpha value is -1.99. The summed E-state index contributed by atoms with van der Waals surface area (Å²) >= 11 is 0. The topological polar surface area (TPSA) is 70.2 Å². The van der Waals surface area contributed by atoms with Gasteiger partial charge in [-0.15, -0.1) is 0 Å². The highest BCUT2D eigenvalue weighted by Gasteiger charge is 2.39. The van der Waals surface area contributed by atoms with Gasteiger partial charge < -0.3 is 9.64 Å². The van der Waals surface area contributed by atoms with Crippen molar-refractivity contribution in [1.82, 2.24) is 25.1 Å². The molecule has 0 unspecified atom stereocenters. The Morgan fingerprint density at radius 2 is 2.08 bits per heavy atom. The second kappa shape index (κ2) is 6.86. The fourth-order valence-electron chi connectivity index (χ4n) is 3.92. The van der Waals surface area contributed by atoms with Gasteiger partial charge in [-0.3, -0.25) is 10.00 Å². The highest BCUT2D eigenvalue weighted by molar-refractivity contribution is 5.29. The number of aromatic nitrogens is 4.